The molecular weight excluding hydrogens is 478 g/mol. The summed E-state index contributed by atoms with van der Waals surface area (Å²) in [7, 11) is 1.46. The van der Waals surface area contributed by atoms with Gasteiger partial charge in [0, 0.05) is 12.1 Å². The third-order valence-electron chi connectivity index (χ3n) is 6.32. The summed E-state index contributed by atoms with van der Waals surface area (Å²) in [5.41, 5.74) is 1.02. The largest absolute Gasteiger partial charge is 0.497 e. The normalized spacial score (nSPS) is 18.8. The summed E-state index contributed by atoms with van der Waals surface area (Å²) in [6, 6.07) is 17.7. The van der Waals surface area contributed by atoms with Gasteiger partial charge < -0.3 is 9.15 Å². The number of nitro groups is 1. The molecule has 0 unspecified atom stereocenters. The van der Waals surface area contributed by atoms with E-state index >= 15 is 0 Å². The Morgan fingerprint density at radius 2 is 1.89 bits per heavy atom. The second-order valence-corrected chi connectivity index (χ2v) is 9.66. The molecule has 3 aromatic rings. The van der Waals surface area contributed by atoms with Crippen LogP contribution in [0.3, 0.4) is 0 Å². The van der Waals surface area contributed by atoms with Crippen molar-refractivity contribution >= 4 is 40.3 Å². The van der Waals surface area contributed by atoms with Gasteiger partial charge in [-0.25, -0.2) is 4.99 Å². The van der Waals surface area contributed by atoms with E-state index in [9.17, 15) is 14.9 Å². The van der Waals surface area contributed by atoms with Gasteiger partial charge in [-0.1, -0.05) is 37.5 Å². The lowest BCUT2D eigenvalue weighted by Crippen LogP contribution is -2.40. The zero-order chi connectivity index (χ0) is 25.1. The first-order chi connectivity index (χ1) is 17.5. The van der Waals surface area contributed by atoms with Crippen LogP contribution in [0.15, 0.2) is 75.0 Å². The number of para-hydroxylation sites is 1. The predicted molar refractivity (Wildman–Crippen MR) is 140 cm³/mol. The average molecular weight is 504 g/mol. The van der Waals surface area contributed by atoms with Crippen LogP contribution in [0.4, 0.5) is 11.4 Å². The molecule has 1 aliphatic carbocycles. The minimum absolute atomic E-state index is 0.0880. The summed E-state index contributed by atoms with van der Waals surface area (Å²) in [6.45, 7) is 0. The van der Waals surface area contributed by atoms with E-state index in [-0.39, 0.29) is 17.6 Å². The van der Waals surface area contributed by atoms with E-state index < -0.39 is 4.92 Å². The lowest BCUT2D eigenvalue weighted by Gasteiger charge is -2.30. The maximum Gasteiger partial charge on any atom is 0.284 e. The van der Waals surface area contributed by atoms with Crippen molar-refractivity contribution in [1.82, 2.24) is 4.90 Å². The number of hydrogen-bond donors (Lipinski definition) is 0. The number of furan rings is 1. The Kier molecular flexibility index (Phi) is 6.90. The Hall–Kier alpha value is -3.85. The average Bonchev–Trinajstić information content (AvgIpc) is 3.49. The van der Waals surface area contributed by atoms with Crippen molar-refractivity contribution in [2.45, 2.75) is 38.1 Å². The predicted octanol–water partition coefficient (Wildman–Crippen LogP) is 6.80. The summed E-state index contributed by atoms with van der Waals surface area (Å²) >= 11 is 1.33. The van der Waals surface area contributed by atoms with Crippen molar-refractivity contribution < 1.29 is 18.9 Å². The molecule has 9 heteroatoms. The Morgan fingerprint density at radius 1 is 1.11 bits per heavy atom. The number of aliphatic imine (C=N–C) groups is 1. The van der Waals surface area contributed by atoms with Crippen LogP contribution in [-0.2, 0) is 4.79 Å². The van der Waals surface area contributed by atoms with Crippen LogP contribution in [0.2, 0.25) is 0 Å². The summed E-state index contributed by atoms with van der Waals surface area (Å²) in [6.07, 6.45) is 6.98. The lowest BCUT2D eigenvalue weighted by atomic mass is 9.94. The van der Waals surface area contributed by atoms with Crippen molar-refractivity contribution in [2.24, 2.45) is 4.99 Å². The second-order valence-electron chi connectivity index (χ2n) is 8.65. The van der Waals surface area contributed by atoms with E-state index in [1.807, 2.05) is 35.2 Å². The van der Waals surface area contributed by atoms with Crippen LogP contribution in [0.1, 0.15) is 37.9 Å². The number of thioether (sulfide) groups is 1. The summed E-state index contributed by atoms with van der Waals surface area (Å²) in [5, 5.41) is 12.3. The van der Waals surface area contributed by atoms with E-state index in [1.54, 1.807) is 30.3 Å². The number of amidine groups is 1. The van der Waals surface area contributed by atoms with Crippen molar-refractivity contribution in [3.05, 3.63) is 81.4 Å². The maximum absolute atomic E-state index is 13.5. The number of ether oxygens (including phenoxy) is 1. The molecule has 2 aromatic carbocycles. The van der Waals surface area contributed by atoms with Gasteiger partial charge in [0.15, 0.2) is 5.17 Å². The van der Waals surface area contributed by atoms with E-state index in [2.05, 4.69) is 0 Å². The molecule has 1 aromatic heterocycles. The Morgan fingerprint density at radius 3 is 2.61 bits per heavy atom. The van der Waals surface area contributed by atoms with Gasteiger partial charge >= 0.3 is 0 Å². The first kappa shape index (κ1) is 23.9. The highest BCUT2D eigenvalue weighted by Crippen LogP contribution is 2.40. The highest BCUT2D eigenvalue weighted by molar-refractivity contribution is 8.18. The van der Waals surface area contributed by atoms with Crippen LogP contribution >= 0.6 is 11.8 Å². The Labute approximate surface area is 212 Å². The van der Waals surface area contributed by atoms with Gasteiger partial charge in [0.2, 0.25) is 0 Å². The highest BCUT2D eigenvalue weighted by atomic mass is 32.2. The zero-order valence-corrected chi connectivity index (χ0v) is 20.6. The molecule has 8 nitrogen and oxygen atoms in total. The van der Waals surface area contributed by atoms with Crippen LogP contribution in [0, 0.1) is 10.1 Å². The van der Waals surface area contributed by atoms with Crippen molar-refractivity contribution in [2.75, 3.05) is 7.11 Å². The molecule has 36 heavy (non-hydrogen) atoms. The number of hydrogen-bond acceptors (Lipinski definition) is 7. The molecule has 0 bridgehead atoms. The van der Waals surface area contributed by atoms with Gasteiger partial charge in [-0.05, 0) is 61.0 Å². The molecule has 2 fully saturated rings. The molecular formula is C27H25N3O5S. The SMILES string of the molecule is COc1ccc(-c2ccc(/C=C3\SC(=Nc4ccccc4)N(C4CCCCC4)C3=O)o2)c([N+](=O)[O-])c1. The van der Waals surface area contributed by atoms with Gasteiger partial charge in [-0.15, -0.1) is 0 Å². The molecule has 1 saturated carbocycles. The van der Waals surface area contributed by atoms with E-state index in [1.165, 1.54) is 31.4 Å². The quantitative estimate of drug-likeness (QED) is 0.208. The smallest absolute Gasteiger partial charge is 0.284 e. The summed E-state index contributed by atoms with van der Waals surface area (Å²) in [5.74, 6) is 1.08. The molecule has 1 amide bonds. The number of benzene rings is 2. The van der Waals surface area contributed by atoms with Crippen LogP contribution < -0.4 is 4.74 Å². The summed E-state index contributed by atoms with van der Waals surface area (Å²) < 4.78 is 11.0. The van der Waals surface area contributed by atoms with Crippen LogP contribution in [0.25, 0.3) is 17.4 Å². The first-order valence-corrected chi connectivity index (χ1v) is 12.6. The number of rotatable bonds is 6. The van der Waals surface area contributed by atoms with Crippen molar-refractivity contribution in [1.29, 1.82) is 0 Å². The maximum atomic E-state index is 13.5. The molecule has 0 atom stereocenters. The molecule has 2 heterocycles. The van der Waals surface area contributed by atoms with E-state index in [4.69, 9.17) is 14.1 Å². The number of carbonyl (C=O) groups excluding carboxylic acids is 1. The van der Waals surface area contributed by atoms with E-state index in [0.717, 1.165) is 31.4 Å². The van der Waals surface area contributed by atoms with Gasteiger partial charge in [-0.2, -0.15) is 0 Å². The van der Waals surface area contributed by atoms with Crippen LogP contribution in [-0.4, -0.2) is 34.0 Å². The third-order valence-corrected chi connectivity index (χ3v) is 7.31. The van der Waals surface area contributed by atoms with Gasteiger partial charge in [0.05, 0.1) is 34.3 Å². The minimum Gasteiger partial charge on any atom is -0.497 e. The first-order valence-electron chi connectivity index (χ1n) is 11.8. The standard InChI is InChI=1S/C27H25N3O5S/c1-34-20-12-14-22(23(16-20)30(32)33)24-15-13-21(35-24)17-25-26(31)29(19-10-6-3-7-11-19)27(36-25)28-18-8-4-2-5-9-18/h2,4-5,8-9,12-17,19H,3,6-7,10-11H2,1H3/b25-17-,28-27?. The molecule has 5 rings (SSSR count). The van der Waals surface area contributed by atoms with E-state index in [0.29, 0.717) is 32.9 Å². The molecule has 0 N–H and O–H groups in total. The zero-order valence-electron chi connectivity index (χ0n) is 19.8. The topological polar surface area (TPSA) is 98.2 Å². The molecule has 0 spiro atoms. The fourth-order valence-electron chi connectivity index (χ4n) is 4.54. The summed E-state index contributed by atoms with van der Waals surface area (Å²) in [4.78, 5) is 31.8. The van der Waals surface area contributed by atoms with Crippen molar-refractivity contribution in [3.8, 4) is 17.1 Å². The minimum atomic E-state index is -0.469. The number of nitro benzene ring substituents is 1. The Balaban J connectivity index is 1.47. The second kappa shape index (κ2) is 10.4. The molecule has 184 valence electrons. The number of carbonyl (C=O) groups is 1. The lowest BCUT2D eigenvalue weighted by molar-refractivity contribution is -0.384. The molecule has 1 saturated heterocycles. The molecule has 1 aliphatic heterocycles. The number of amides is 1. The van der Waals surface area contributed by atoms with Gasteiger partial charge in [0.1, 0.15) is 17.3 Å². The van der Waals surface area contributed by atoms with Gasteiger partial charge in [0.25, 0.3) is 11.6 Å². The Bertz CT molecular complexity index is 1340. The number of methoxy groups -OCH3 is 1. The molecule has 2 aliphatic rings. The highest BCUT2D eigenvalue weighted by Gasteiger charge is 2.39. The third kappa shape index (κ3) is 4.92. The fraction of sp³-hybridized carbons (Fsp3) is 0.259. The van der Waals surface area contributed by atoms with Crippen molar-refractivity contribution in [3.63, 3.8) is 0 Å². The fourth-order valence-corrected chi connectivity index (χ4v) is 5.58. The molecule has 0 radical (unpaired) electrons. The number of nitrogens with zero attached hydrogens (tertiary/aromatic N) is 3. The van der Waals surface area contributed by atoms with Crippen LogP contribution in [0.5, 0.6) is 5.75 Å². The monoisotopic (exact) mass is 503 g/mol. The van der Waals surface area contributed by atoms with Gasteiger partial charge in [-0.3, -0.25) is 19.8 Å².